The predicted octanol–water partition coefficient (Wildman–Crippen LogP) is 4.85. The van der Waals surface area contributed by atoms with Crippen LogP contribution in [0.1, 0.15) is 69.2 Å². The smallest absolute Gasteiger partial charge is 0.188 e. The van der Waals surface area contributed by atoms with Crippen LogP contribution in [0.4, 0.5) is 0 Å². The molecular formula is C23H40O5Si. The molecule has 0 aromatic rings. The van der Waals surface area contributed by atoms with E-state index in [1.165, 1.54) is 0 Å². The van der Waals surface area contributed by atoms with Crippen molar-refractivity contribution >= 4 is 8.07 Å². The predicted molar refractivity (Wildman–Crippen MR) is 116 cm³/mol. The zero-order valence-corrected chi connectivity index (χ0v) is 20.9. The van der Waals surface area contributed by atoms with E-state index in [0.717, 1.165) is 0 Å². The topological polar surface area (TPSA) is 46.2 Å². The minimum Gasteiger partial charge on any atom is -0.348 e. The molecule has 0 aliphatic carbocycles. The van der Waals surface area contributed by atoms with Crippen LogP contribution in [0.15, 0.2) is 0 Å². The minimum absolute atomic E-state index is 0.0904. The molecule has 0 radical (unpaired) electrons. The Hall–Kier alpha value is -0.423. The molecule has 0 spiro atoms. The highest BCUT2D eigenvalue weighted by molar-refractivity contribution is 6.90. The fraction of sp³-hybridized carbons (Fsp3) is 0.913. The fourth-order valence-corrected chi connectivity index (χ4v) is 10.8. The molecule has 3 heterocycles. The molecule has 0 amide bonds. The maximum atomic E-state index is 6.32. The van der Waals surface area contributed by atoms with E-state index in [9.17, 15) is 0 Å². The summed E-state index contributed by atoms with van der Waals surface area (Å²) in [6.45, 7) is 22.2. The maximum Gasteiger partial charge on any atom is 0.188 e. The second-order valence-electron chi connectivity index (χ2n) is 10.6. The average molecular weight is 425 g/mol. The Morgan fingerprint density at radius 3 is 1.86 bits per heavy atom. The SMILES string of the molecule is CC(C)[Si](C#C[C@@H]1[C@H]2OC(C)(C)O[C@H]2O[C@@H]1[C@H]1COC(C)(C)O1)(C(C)C)C(C)C. The average Bonchev–Trinajstić information content (AvgIpc) is 3.16. The molecule has 29 heavy (non-hydrogen) atoms. The Labute approximate surface area is 178 Å². The number of hydrogen-bond acceptors (Lipinski definition) is 5. The standard InChI is InChI=1S/C23H40O5Si/c1-14(2)29(15(3)4,16(5)6)12-11-17-19(18-13-24-22(7,8)26-18)25-21-20(17)27-23(9,10)28-21/h14-21H,13H2,1-10H3/t17-,18+,19-,20+,21+/m0/s1. The summed E-state index contributed by atoms with van der Waals surface area (Å²) < 4.78 is 30.5. The molecule has 3 fully saturated rings. The van der Waals surface area contributed by atoms with Crippen molar-refractivity contribution < 1.29 is 23.7 Å². The third-order valence-corrected chi connectivity index (χ3v) is 13.1. The van der Waals surface area contributed by atoms with Crippen LogP contribution < -0.4 is 0 Å². The van der Waals surface area contributed by atoms with Gasteiger partial charge in [-0.15, -0.1) is 11.5 Å². The Bertz CT molecular complexity index is 638. The monoisotopic (exact) mass is 424 g/mol. The van der Waals surface area contributed by atoms with E-state index < -0.39 is 25.9 Å². The van der Waals surface area contributed by atoms with Crippen molar-refractivity contribution in [2.75, 3.05) is 6.61 Å². The summed E-state index contributed by atoms with van der Waals surface area (Å²) in [6, 6.07) is 0. The highest BCUT2D eigenvalue weighted by Gasteiger charge is 2.58. The molecule has 166 valence electrons. The zero-order valence-electron chi connectivity index (χ0n) is 19.9. The van der Waals surface area contributed by atoms with Gasteiger partial charge in [0.15, 0.2) is 17.9 Å². The number of fused-ring (bicyclic) bond motifs is 1. The summed E-state index contributed by atoms with van der Waals surface area (Å²) in [4.78, 5) is 0. The van der Waals surface area contributed by atoms with Gasteiger partial charge in [0, 0.05) is 0 Å². The summed E-state index contributed by atoms with van der Waals surface area (Å²) in [7, 11) is -1.86. The molecule has 5 nitrogen and oxygen atoms in total. The Kier molecular flexibility index (Phi) is 6.35. The van der Waals surface area contributed by atoms with Gasteiger partial charge in [-0.1, -0.05) is 41.5 Å². The minimum atomic E-state index is -1.86. The summed E-state index contributed by atoms with van der Waals surface area (Å²) in [5.41, 5.74) is 5.60. The van der Waals surface area contributed by atoms with E-state index in [1.54, 1.807) is 0 Å². The molecule has 3 saturated heterocycles. The number of rotatable bonds is 4. The molecule has 3 aliphatic rings. The van der Waals surface area contributed by atoms with E-state index >= 15 is 0 Å². The lowest BCUT2D eigenvalue weighted by Gasteiger charge is -2.38. The van der Waals surface area contributed by atoms with Crippen LogP contribution in [-0.4, -0.2) is 50.9 Å². The summed E-state index contributed by atoms with van der Waals surface area (Å²) >= 11 is 0. The molecule has 3 rings (SSSR count). The molecule has 0 bridgehead atoms. The van der Waals surface area contributed by atoms with Crippen molar-refractivity contribution in [3.05, 3.63) is 0 Å². The molecule has 0 aromatic heterocycles. The number of hydrogen-bond donors (Lipinski definition) is 0. The van der Waals surface area contributed by atoms with Crippen molar-refractivity contribution in [3.63, 3.8) is 0 Å². The quantitative estimate of drug-likeness (QED) is 0.477. The van der Waals surface area contributed by atoms with Crippen LogP contribution in [0.25, 0.3) is 0 Å². The first-order valence-electron chi connectivity index (χ1n) is 11.1. The second-order valence-corrected chi connectivity index (χ2v) is 16.2. The molecule has 5 atom stereocenters. The lowest BCUT2D eigenvalue weighted by Crippen LogP contribution is -2.44. The fourth-order valence-electron chi connectivity index (χ4n) is 5.53. The molecule has 0 aromatic carbocycles. The largest absolute Gasteiger partial charge is 0.348 e. The van der Waals surface area contributed by atoms with Crippen LogP contribution >= 0.6 is 0 Å². The zero-order chi connectivity index (χ0) is 21.8. The van der Waals surface area contributed by atoms with Crippen LogP contribution in [0, 0.1) is 17.4 Å². The number of ether oxygens (including phenoxy) is 5. The first-order chi connectivity index (χ1) is 13.3. The summed E-state index contributed by atoms with van der Waals surface area (Å²) in [5.74, 6) is 2.33. The molecule has 6 heteroatoms. The molecule has 0 N–H and O–H groups in total. The maximum absolute atomic E-state index is 6.32. The molecule has 0 saturated carbocycles. The highest BCUT2D eigenvalue weighted by Crippen LogP contribution is 2.45. The van der Waals surface area contributed by atoms with E-state index in [0.29, 0.717) is 23.2 Å². The third-order valence-electron chi connectivity index (χ3n) is 6.81. The highest BCUT2D eigenvalue weighted by atomic mass is 28.3. The van der Waals surface area contributed by atoms with Gasteiger partial charge >= 0.3 is 0 Å². The van der Waals surface area contributed by atoms with Crippen molar-refractivity contribution in [1.29, 1.82) is 0 Å². The van der Waals surface area contributed by atoms with Crippen molar-refractivity contribution in [1.82, 2.24) is 0 Å². The van der Waals surface area contributed by atoms with Crippen molar-refractivity contribution in [2.24, 2.45) is 5.92 Å². The van der Waals surface area contributed by atoms with E-state index in [-0.39, 0.29) is 24.2 Å². The molecular weight excluding hydrogens is 384 g/mol. The lowest BCUT2D eigenvalue weighted by atomic mass is 9.96. The van der Waals surface area contributed by atoms with Gasteiger partial charge in [-0.25, -0.2) is 0 Å². The van der Waals surface area contributed by atoms with Crippen LogP contribution in [0.3, 0.4) is 0 Å². The van der Waals surface area contributed by atoms with Gasteiger partial charge in [0.25, 0.3) is 0 Å². The van der Waals surface area contributed by atoms with Crippen LogP contribution in [-0.2, 0) is 23.7 Å². The van der Waals surface area contributed by atoms with Gasteiger partial charge in [0.1, 0.15) is 26.4 Å². The van der Waals surface area contributed by atoms with Gasteiger partial charge in [-0.2, -0.15) is 0 Å². The Balaban J connectivity index is 1.95. The first-order valence-corrected chi connectivity index (χ1v) is 13.4. The summed E-state index contributed by atoms with van der Waals surface area (Å²) in [5, 5.41) is 0. The van der Waals surface area contributed by atoms with Crippen molar-refractivity contribution in [2.45, 2.75) is 122 Å². The van der Waals surface area contributed by atoms with Gasteiger partial charge in [0.2, 0.25) is 0 Å². The second kappa shape index (κ2) is 7.92. The van der Waals surface area contributed by atoms with Gasteiger partial charge in [0.05, 0.1) is 12.5 Å². The summed E-state index contributed by atoms with van der Waals surface area (Å²) in [6.07, 6.45) is -0.991. The molecule has 0 unspecified atom stereocenters. The van der Waals surface area contributed by atoms with E-state index in [2.05, 4.69) is 53.0 Å². The van der Waals surface area contributed by atoms with Crippen LogP contribution in [0.5, 0.6) is 0 Å². The van der Waals surface area contributed by atoms with E-state index in [4.69, 9.17) is 23.7 Å². The molecule has 3 aliphatic heterocycles. The van der Waals surface area contributed by atoms with Gasteiger partial charge in [-0.05, 0) is 44.3 Å². The van der Waals surface area contributed by atoms with Crippen LogP contribution in [0.2, 0.25) is 16.6 Å². The lowest BCUT2D eigenvalue weighted by molar-refractivity contribution is -0.224. The van der Waals surface area contributed by atoms with Gasteiger partial charge in [-0.3, -0.25) is 0 Å². The third kappa shape index (κ3) is 4.33. The normalized spacial score (nSPS) is 36.0. The Morgan fingerprint density at radius 2 is 1.38 bits per heavy atom. The first kappa shape index (κ1) is 23.2. The van der Waals surface area contributed by atoms with E-state index in [1.807, 2.05) is 27.7 Å². The van der Waals surface area contributed by atoms with Crippen molar-refractivity contribution in [3.8, 4) is 11.5 Å². The van der Waals surface area contributed by atoms with Gasteiger partial charge < -0.3 is 23.7 Å². The Morgan fingerprint density at radius 1 is 0.793 bits per heavy atom.